The molecular formula is C22H24F2N4O2. The van der Waals surface area contributed by atoms with E-state index in [9.17, 15) is 18.7 Å². The summed E-state index contributed by atoms with van der Waals surface area (Å²) < 4.78 is 30.1. The van der Waals surface area contributed by atoms with Crippen LogP contribution < -0.4 is 0 Å². The highest BCUT2D eigenvalue weighted by Crippen LogP contribution is 2.31. The van der Waals surface area contributed by atoms with Gasteiger partial charge in [-0.05, 0) is 30.0 Å². The van der Waals surface area contributed by atoms with Gasteiger partial charge in [0.1, 0.15) is 5.82 Å². The topological polar surface area (TPSA) is 80.9 Å². The maximum atomic E-state index is 14.3. The molecular weight excluding hydrogens is 390 g/mol. The quantitative estimate of drug-likeness (QED) is 0.537. The van der Waals surface area contributed by atoms with Crippen molar-refractivity contribution in [2.24, 2.45) is 0 Å². The average molecular weight is 414 g/mol. The fourth-order valence-corrected chi connectivity index (χ4v) is 3.27. The van der Waals surface area contributed by atoms with Crippen molar-refractivity contribution in [1.82, 2.24) is 19.7 Å². The Morgan fingerprint density at radius 3 is 2.50 bits per heavy atom. The van der Waals surface area contributed by atoms with Crippen LogP contribution in [0.3, 0.4) is 0 Å². The lowest BCUT2D eigenvalue weighted by atomic mass is 10.0. The van der Waals surface area contributed by atoms with Crippen LogP contribution in [0.15, 0.2) is 42.6 Å². The van der Waals surface area contributed by atoms with Gasteiger partial charge in [0.25, 0.3) is 0 Å². The van der Waals surface area contributed by atoms with E-state index in [4.69, 9.17) is 0 Å². The molecule has 0 aliphatic carbocycles. The normalized spacial score (nSPS) is 11.6. The van der Waals surface area contributed by atoms with Crippen molar-refractivity contribution < 1.29 is 18.7 Å². The first-order valence-corrected chi connectivity index (χ1v) is 9.95. The second-order valence-corrected chi connectivity index (χ2v) is 7.11. The summed E-state index contributed by atoms with van der Waals surface area (Å²) in [5.41, 5.74) is 2.09. The number of carboxylic acid groups (broad SMARTS) is 1. The van der Waals surface area contributed by atoms with Crippen LogP contribution in [-0.4, -0.2) is 30.8 Å². The first-order chi connectivity index (χ1) is 14.4. The molecule has 3 aromatic rings. The van der Waals surface area contributed by atoms with Gasteiger partial charge in [-0.2, -0.15) is 8.78 Å². The minimum Gasteiger partial charge on any atom is -0.476 e. The molecule has 0 radical (unpaired) electrons. The molecule has 0 bridgehead atoms. The monoisotopic (exact) mass is 414 g/mol. The van der Waals surface area contributed by atoms with E-state index in [0.717, 1.165) is 17.5 Å². The molecule has 0 aliphatic heterocycles. The third-order valence-corrected chi connectivity index (χ3v) is 4.71. The number of halogens is 2. The van der Waals surface area contributed by atoms with Gasteiger partial charge in [-0.25, -0.2) is 19.4 Å². The Morgan fingerprint density at radius 1 is 1.13 bits per heavy atom. The van der Waals surface area contributed by atoms with Crippen LogP contribution in [0.4, 0.5) is 8.78 Å². The van der Waals surface area contributed by atoms with Crippen LogP contribution in [0, 0.1) is 0 Å². The van der Waals surface area contributed by atoms with Crippen molar-refractivity contribution in [2.75, 3.05) is 0 Å². The van der Waals surface area contributed by atoms with Gasteiger partial charge in [0.2, 0.25) is 5.82 Å². The zero-order valence-corrected chi connectivity index (χ0v) is 17.0. The fourth-order valence-electron chi connectivity index (χ4n) is 3.27. The van der Waals surface area contributed by atoms with E-state index in [1.54, 1.807) is 35.9 Å². The summed E-state index contributed by atoms with van der Waals surface area (Å²) in [6, 6.07) is 10.6. The minimum atomic E-state index is -3.04. The number of carboxylic acids is 1. The Balaban J connectivity index is 1.87. The van der Waals surface area contributed by atoms with Gasteiger partial charge in [0.15, 0.2) is 5.69 Å². The molecule has 158 valence electrons. The SMILES string of the molecule is CCCn1nc(C(F)(F)CCC)nc1Cc1ccc(-c2cccnc2C(=O)O)cc1. The third-order valence-electron chi connectivity index (χ3n) is 4.71. The van der Waals surface area contributed by atoms with Crippen LogP contribution in [0.25, 0.3) is 11.1 Å². The number of carbonyl (C=O) groups is 1. The maximum absolute atomic E-state index is 14.3. The highest BCUT2D eigenvalue weighted by molar-refractivity contribution is 5.93. The van der Waals surface area contributed by atoms with Crippen LogP contribution in [-0.2, 0) is 18.9 Å². The number of hydrogen-bond donors (Lipinski definition) is 1. The molecule has 6 nitrogen and oxygen atoms in total. The molecule has 30 heavy (non-hydrogen) atoms. The summed E-state index contributed by atoms with van der Waals surface area (Å²) in [4.78, 5) is 19.5. The first kappa shape index (κ1) is 21.5. The number of rotatable bonds is 9. The highest BCUT2D eigenvalue weighted by atomic mass is 19.3. The van der Waals surface area contributed by atoms with Crippen molar-refractivity contribution >= 4 is 5.97 Å². The van der Waals surface area contributed by atoms with Crippen molar-refractivity contribution in [1.29, 1.82) is 0 Å². The van der Waals surface area contributed by atoms with Gasteiger partial charge >= 0.3 is 11.9 Å². The molecule has 0 saturated heterocycles. The Hall–Kier alpha value is -3.16. The molecule has 0 saturated carbocycles. The van der Waals surface area contributed by atoms with Gasteiger partial charge in [0, 0.05) is 31.1 Å². The molecule has 1 aromatic carbocycles. The van der Waals surface area contributed by atoms with E-state index in [-0.39, 0.29) is 12.1 Å². The number of nitrogens with zero attached hydrogens (tertiary/aromatic N) is 4. The molecule has 8 heteroatoms. The van der Waals surface area contributed by atoms with Crippen LogP contribution in [0.2, 0.25) is 0 Å². The molecule has 0 fully saturated rings. The Kier molecular flexibility index (Phi) is 6.54. The minimum absolute atomic E-state index is 0.0178. The summed E-state index contributed by atoms with van der Waals surface area (Å²) in [6.45, 7) is 4.18. The lowest BCUT2D eigenvalue weighted by Gasteiger charge is -2.10. The molecule has 0 amide bonds. The molecule has 1 N–H and O–H groups in total. The van der Waals surface area contributed by atoms with Crippen molar-refractivity contribution in [3.8, 4) is 11.1 Å². The summed E-state index contributed by atoms with van der Waals surface area (Å²) in [7, 11) is 0. The molecule has 2 aromatic heterocycles. The summed E-state index contributed by atoms with van der Waals surface area (Å²) in [5.74, 6) is -4.07. The number of alkyl halides is 2. The number of aromatic nitrogens is 4. The standard InChI is InChI=1S/C22H24F2N4O2/c1-3-11-22(23,24)21-26-18(28(27-21)13-4-2)14-15-7-9-16(10-8-15)17-6-5-12-25-19(17)20(29)30/h5-10,12H,3-4,11,13-14H2,1-2H3,(H,29,30). The lowest BCUT2D eigenvalue weighted by Crippen LogP contribution is -2.15. The number of benzene rings is 1. The number of hydrogen-bond acceptors (Lipinski definition) is 4. The Morgan fingerprint density at radius 2 is 1.87 bits per heavy atom. The number of aromatic carboxylic acids is 1. The summed E-state index contributed by atoms with van der Waals surface area (Å²) in [6.07, 6.45) is 2.61. The first-order valence-electron chi connectivity index (χ1n) is 9.95. The zero-order valence-electron chi connectivity index (χ0n) is 17.0. The fraction of sp³-hybridized carbons (Fsp3) is 0.364. The number of aryl methyl sites for hydroxylation is 1. The Labute approximate surface area is 173 Å². The van der Waals surface area contributed by atoms with Gasteiger partial charge in [-0.15, -0.1) is 5.10 Å². The molecule has 3 rings (SSSR count). The largest absolute Gasteiger partial charge is 0.476 e. The van der Waals surface area contributed by atoms with E-state index in [2.05, 4.69) is 15.1 Å². The van der Waals surface area contributed by atoms with Crippen molar-refractivity contribution in [3.63, 3.8) is 0 Å². The Bertz CT molecular complexity index is 1020. The van der Waals surface area contributed by atoms with Crippen molar-refractivity contribution in [2.45, 2.75) is 52.0 Å². The van der Waals surface area contributed by atoms with E-state index < -0.39 is 17.7 Å². The van der Waals surface area contributed by atoms with Crippen molar-refractivity contribution in [3.05, 3.63) is 65.5 Å². The van der Waals surface area contributed by atoms with Crippen LogP contribution in [0.5, 0.6) is 0 Å². The molecule has 0 spiro atoms. The predicted octanol–water partition coefficient (Wildman–Crippen LogP) is 4.93. The van der Waals surface area contributed by atoms with E-state index >= 15 is 0 Å². The second-order valence-electron chi connectivity index (χ2n) is 7.11. The summed E-state index contributed by atoms with van der Waals surface area (Å²) >= 11 is 0. The van der Waals surface area contributed by atoms with E-state index in [1.165, 1.54) is 6.20 Å². The van der Waals surface area contributed by atoms with Crippen LogP contribution in [0.1, 0.15) is 60.8 Å². The van der Waals surface area contributed by atoms with E-state index in [1.807, 2.05) is 19.1 Å². The maximum Gasteiger partial charge on any atom is 0.355 e. The van der Waals surface area contributed by atoms with Gasteiger partial charge in [0.05, 0.1) is 0 Å². The van der Waals surface area contributed by atoms with Gasteiger partial charge in [-0.1, -0.05) is 44.2 Å². The molecule has 0 atom stereocenters. The summed E-state index contributed by atoms with van der Waals surface area (Å²) in [5, 5.41) is 13.4. The van der Waals surface area contributed by atoms with Crippen LogP contribution >= 0.6 is 0 Å². The average Bonchev–Trinajstić information content (AvgIpc) is 3.12. The predicted molar refractivity (Wildman–Crippen MR) is 109 cm³/mol. The molecule has 0 unspecified atom stereocenters. The molecule has 0 aliphatic rings. The van der Waals surface area contributed by atoms with Gasteiger partial charge < -0.3 is 5.11 Å². The second kappa shape index (κ2) is 9.11. The van der Waals surface area contributed by atoms with E-state index in [0.29, 0.717) is 30.8 Å². The third kappa shape index (κ3) is 4.69. The number of pyridine rings is 1. The highest BCUT2D eigenvalue weighted by Gasteiger charge is 2.36. The van der Waals surface area contributed by atoms with Gasteiger partial charge in [-0.3, -0.25) is 0 Å². The molecule has 2 heterocycles. The lowest BCUT2D eigenvalue weighted by molar-refractivity contribution is -0.0232. The zero-order chi connectivity index (χ0) is 21.7. The smallest absolute Gasteiger partial charge is 0.355 e.